The summed E-state index contributed by atoms with van der Waals surface area (Å²) in [6.07, 6.45) is 6.98. The fourth-order valence-corrected chi connectivity index (χ4v) is 4.22. The fraction of sp³-hybridized carbons (Fsp3) is 0.440. The molecule has 0 aliphatic heterocycles. The molecule has 0 saturated carbocycles. The van der Waals surface area contributed by atoms with Crippen LogP contribution in [0.1, 0.15) is 68.4 Å². The van der Waals surface area contributed by atoms with Crippen LogP contribution in [0.15, 0.2) is 41.1 Å². The lowest BCUT2D eigenvalue weighted by molar-refractivity contribution is 0.0628. The standard InChI is InChI=1S/C22H22F2N4O2.C2H6.CH4S/c1-3-28(22(29)21-25-10-11-30-21)13(2)15-7-4-6-14-12-18(26-27-20(14)15)19-16(23)8-5-9-17(19)24;2*1-2/h5,8-13,15H,3-4,6-7H2,1-2H3;1-2H3;2H,1H3. The summed E-state index contributed by atoms with van der Waals surface area (Å²) in [5, 5.41) is 8.49. The lowest BCUT2D eigenvalue weighted by atomic mass is 9.82. The quantitative estimate of drug-likeness (QED) is 0.447. The number of thiol groups is 1. The molecule has 1 amide bonds. The van der Waals surface area contributed by atoms with Crippen molar-refractivity contribution in [1.29, 1.82) is 0 Å². The molecule has 184 valence electrons. The normalized spacial score (nSPS) is 15.1. The molecule has 1 aliphatic rings. The molecule has 0 fully saturated rings. The Bertz CT molecular complexity index is 1040. The van der Waals surface area contributed by atoms with Crippen LogP contribution in [0.3, 0.4) is 0 Å². The second-order valence-electron chi connectivity index (χ2n) is 7.40. The molecule has 0 spiro atoms. The molecule has 0 bridgehead atoms. The first-order chi connectivity index (χ1) is 16.5. The van der Waals surface area contributed by atoms with Crippen LogP contribution in [0, 0.1) is 11.6 Å². The highest BCUT2D eigenvalue weighted by Crippen LogP contribution is 2.36. The molecular formula is C25H32F2N4O2S. The predicted molar refractivity (Wildman–Crippen MR) is 132 cm³/mol. The third-order valence-electron chi connectivity index (χ3n) is 5.73. The van der Waals surface area contributed by atoms with Gasteiger partial charge in [0.2, 0.25) is 0 Å². The average molecular weight is 491 g/mol. The van der Waals surface area contributed by atoms with Gasteiger partial charge >= 0.3 is 5.91 Å². The SMILES string of the molecule is CC.CCN(C(=O)c1ncco1)C(C)C1CCCc2cc(-c3c(F)cccc3F)nnc21.CS. The Labute approximate surface area is 205 Å². The number of aromatic nitrogens is 3. The van der Waals surface area contributed by atoms with Crippen LogP contribution in [0.4, 0.5) is 8.78 Å². The first-order valence-electron chi connectivity index (χ1n) is 11.5. The van der Waals surface area contributed by atoms with Gasteiger partial charge in [0.15, 0.2) is 0 Å². The number of fused-ring (bicyclic) bond motifs is 1. The lowest BCUT2D eigenvalue weighted by Gasteiger charge is -2.35. The summed E-state index contributed by atoms with van der Waals surface area (Å²) in [5.41, 5.74) is 1.69. The number of rotatable bonds is 5. The average Bonchev–Trinajstić information content (AvgIpc) is 3.41. The molecule has 6 nitrogen and oxygen atoms in total. The lowest BCUT2D eigenvalue weighted by Crippen LogP contribution is -2.43. The molecule has 3 aromatic rings. The molecule has 2 heterocycles. The van der Waals surface area contributed by atoms with Gasteiger partial charge in [-0.25, -0.2) is 13.8 Å². The number of aryl methyl sites for hydroxylation is 1. The van der Waals surface area contributed by atoms with Crippen molar-refractivity contribution in [1.82, 2.24) is 20.1 Å². The number of oxazole rings is 1. The van der Waals surface area contributed by atoms with Gasteiger partial charge in [0.1, 0.15) is 17.9 Å². The maximum Gasteiger partial charge on any atom is 0.309 e. The molecule has 1 aliphatic carbocycles. The zero-order valence-corrected chi connectivity index (χ0v) is 21.2. The van der Waals surface area contributed by atoms with Gasteiger partial charge in [-0.2, -0.15) is 22.8 Å². The predicted octanol–water partition coefficient (Wildman–Crippen LogP) is 5.95. The van der Waals surface area contributed by atoms with Gasteiger partial charge in [-0.15, -0.1) is 0 Å². The number of amides is 1. The van der Waals surface area contributed by atoms with E-state index in [4.69, 9.17) is 4.42 Å². The fourth-order valence-electron chi connectivity index (χ4n) is 4.22. The van der Waals surface area contributed by atoms with Gasteiger partial charge in [0.05, 0.1) is 23.1 Å². The van der Waals surface area contributed by atoms with E-state index in [0.717, 1.165) is 30.5 Å². The zero-order chi connectivity index (χ0) is 25.3. The molecular weight excluding hydrogens is 458 g/mol. The highest BCUT2D eigenvalue weighted by Gasteiger charge is 2.34. The largest absolute Gasteiger partial charge is 0.441 e. The second kappa shape index (κ2) is 13.2. The Morgan fingerprint density at radius 3 is 2.50 bits per heavy atom. The summed E-state index contributed by atoms with van der Waals surface area (Å²) >= 11 is 3.53. The molecule has 0 radical (unpaired) electrons. The number of nitrogens with zero attached hydrogens (tertiary/aromatic N) is 4. The molecule has 0 saturated heterocycles. The molecule has 1 aromatic carbocycles. The molecule has 9 heteroatoms. The van der Waals surface area contributed by atoms with Crippen molar-refractivity contribution in [2.24, 2.45) is 0 Å². The van der Waals surface area contributed by atoms with Gasteiger partial charge in [0, 0.05) is 18.5 Å². The van der Waals surface area contributed by atoms with Crippen LogP contribution in [0.25, 0.3) is 11.3 Å². The molecule has 34 heavy (non-hydrogen) atoms. The van der Waals surface area contributed by atoms with Crippen LogP contribution in [0.2, 0.25) is 0 Å². The molecule has 2 atom stereocenters. The van der Waals surface area contributed by atoms with Crippen molar-refractivity contribution >= 4 is 18.5 Å². The van der Waals surface area contributed by atoms with Crippen LogP contribution in [-0.4, -0.2) is 44.8 Å². The van der Waals surface area contributed by atoms with Crippen molar-refractivity contribution < 1.29 is 18.0 Å². The van der Waals surface area contributed by atoms with Crippen LogP contribution < -0.4 is 0 Å². The van der Waals surface area contributed by atoms with Crippen molar-refractivity contribution in [3.63, 3.8) is 0 Å². The second-order valence-corrected chi connectivity index (χ2v) is 7.40. The minimum Gasteiger partial charge on any atom is -0.441 e. The van der Waals surface area contributed by atoms with Crippen LogP contribution >= 0.6 is 12.6 Å². The number of likely N-dealkylation sites (N-methyl/N-ethyl adjacent to an activating group) is 1. The first kappa shape index (κ1) is 27.4. The number of halogens is 2. The first-order valence-corrected chi connectivity index (χ1v) is 12.4. The third kappa shape index (κ3) is 5.81. The minimum absolute atomic E-state index is 0.0420. The third-order valence-corrected chi connectivity index (χ3v) is 5.73. The van der Waals surface area contributed by atoms with Crippen molar-refractivity contribution in [2.75, 3.05) is 12.8 Å². The van der Waals surface area contributed by atoms with E-state index < -0.39 is 11.6 Å². The Hall–Kier alpha value is -2.81. The summed E-state index contributed by atoms with van der Waals surface area (Å²) in [6, 6.07) is 5.28. The van der Waals surface area contributed by atoms with Gasteiger partial charge in [-0.3, -0.25) is 4.79 Å². The van der Waals surface area contributed by atoms with Gasteiger partial charge in [-0.05, 0) is 63.1 Å². The number of benzene rings is 1. The van der Waals surface area contributed by atoms with E-state index in [2.05, 4.69) is 27.8 Å². The minimum atomic E-state index is -0.668. The van der Waals surface area contributed by atoms with E-state index in [1.807, 2.05) is 27.7 Å². The summed E-state index contributed by atoms with van der Waals surface area (Å²) in [4.78, 5) is 18.5. The van der Waals surface area contributed by atoms with E-state index in [1.165, 1.54) is 30.7 Å². The van der Waals surface area contributed by atoms with E-state index in [0.29, 0.717) is 6.54 Å². The van der Waals surface area contributed by atoms with Crippen LogP contribution in [0.5, 0.6) is 0 Å². The highest BCUT2D eigenvalue weighted by atomic mass is 32.1. The molecule has 2 aromatic heterocycles. The summed E-state index contributed by atoms with van der Waals surface area (Å²) in [6.45, 7) is 8.35. The number of carbonyl (C=O) groups excluding carboxylic acids is 1. The Morgan fingerprint density at radius 2 is 1.91 bits per heavy atom. The molecule has 4 rings (SSSR count). The van der Waals surface area contributed by atoms with E-state index in [-0.39, 0.29) is 35.0 Å². The van der Waals surface area contributed by atoms with Crippen molar-refractivity contribution in [3.8, 4) is 11.3 Å². The topological polar surface area (TPSA) is 72.1 Å². The smallest absolute Gasteiger partial charge is 0.309 e. The van der Waals surface area contributed by atoms with Crippen molar-refractivity contribution in [3.05, 3.63) is 65.5 Å². The highest BCUT2D eigenvalue weighted by molar-refractivity contribution is 7.79. The maximum absolute atomic E-state index is 14.2. The molecule has 2 unspecified atom stereocenters. The van der Waals surface area contributed by atoms with Gasteiger partial charge < -0.3 is 9.32 Å². The molecule has 0 N–H and O–H groups in total. The number of hydrogen-bond acceptors (Lipinski definition) is 6. The Balaban J connectivity index is 0.000000970. The zero-order valence-electron chi connectivity index (χ0n) is 20.3. The van der Waals surface area contributed by atoms with E-state index >= 15 is 0 Å². The van der Waals surface area contributed by atoms with Gasteiger partial charge in [0.25, 0.3) is 5.89 Å². The summed E-state index contributed by atoms with van der Waals surface area (Å²) in [7, 11) is 0. The van der Waals surface area contributed by atoms with Crippen LogP contribution in [-0.2, 0) is 6.42 Å². The monoisotopic (exact) mass is 490 g/mol. The Kier molecular flexibility index (Phi) is 10.6. The number of carbonyl (C=O) groups is 1. The summed E-state index contributed by atoms with van der Waals surface area (Å²) < 4.78 is 33.5. The van der Waals surface area contributed by atoms with E-state index in [1.54, 1.807) is 17.2 Å². The van der Waals surface area contributed by atoms with Gasteiger partial charge in [-0.1, -0.05) is 19.9 Å². The Morgan fingerprint density at radius 1 is 1.24 bits per heavy atom. The van der Waals surface area contributed by atoms with E-state index in [9.17, 15) is 13.6 Å². The van der Waals surface area contributed by atoms with Crippen molar-refractivity contribution in [2.45, 2.75) is 58.9 Å². The summed E-state index contributed by atoms with van der Waals surface area (Å²) in [5.74, 6) is -1.60. The maximum atomic E-state index is 14.2. The number of hydrogen-bond donors (Lipinski definition) is 1.